The van der Waals surface area contributed by atoms with Gasteiger partial charge in [0, 0.05) is 19.0 Å². The van der Waals surface area contributed by atoms with E-state index in [0.717, 1.165) is 25.2 Å². The lowest BCUT2D eigenvalue weighted by Crippen LogP contribution is -2.18. The van der Waals surface area contributed by atoms with Gasteiger partial charge in [-0.15, -0.1) is 0 Å². The number of aliphatic hydroxyl groups is 1. The van der Waals surface area contributed by atoms with Crippen LogP contribution in [0.2, 0.25) is 0 Å². The van der Waals surface area contributed by atoms with E-state index in [-0.39, 0.29) is 0 Å². The fourth-order valence-electron chi connectivity index (χ4n) is 3.93. The van der Waals surface area contributed by atoms with Gasteiger partial charge in [-0.1, -0.05) is 117 Å². The number of unbranched alkanes of at least 4 members (excludes halogenated alkanes) is 16. The van der Waals surface area contributed by atoms with Crippen molar-refractivity contribution in [3.63, 3.8) is 0 Å². The molecule has 0 saturated carbocycles. The summed E-state index contributed by atoms with van der Waals surface area (Å²) in [7, 11) is 0. The molecular weight excluding hydrogens is 388 g/mol. The van der Waals surface area contributed by atoms with Gasteiger partial charge >= 0.3 is 0 Å². The van der Waals surface area contributed by atoms with E-state index in [0.29, 0.717) is 12.7 Å². The highest BCUT2D eigenvalue weighted by Gasteiger charge is 2.09. The summed E-state index contributed by atoms with van der Waals surface area (Å²) in [5, 5.41) is 9.16. The Hall–Kier alpha value is 0.270. The number of hydrogen-bond donors (Lipinski definition) is 1. The molecule has 0 amide bonds. The first-order valence-electron chi connectivity index (χ1n) is 13.6. The average Bonchev–Trinajstić information content (AvgIpc) is 2.76. The Morgan fingerprint density at radius 1 is 0.600 bits per heavy atom. The van der Waals surface area contributed by atoms with E-state index in [1.807, 2.05) is 0 Å². The van der Waals surface area contributed by atoms with Crippen LogP contribution in [0.3, 0.4) is 0 Å². The predicted octanol–water partition coefficient (Wildman–Crippen LogP) is 8.94. The summed E-state index contributed by atoms with van der Waals surface area (Å²) in [5.74, 6) is 2.38. The molecule has 1 N–H and O–H groups in total. The molecule has 0 aromatic heterocycles. The van der Waals surface area contributed by atoms with E-state index in [1.54, 1.807) is 0 Å². The Labute approximate surface area is 194 Å². The zero-order valence-corrected chi connectivity index (χ0v) is 21.6. The Morgan fingerprint density at radius 3 is 1.57 bits per heavy atom. The van der Waals surface area contributed by atoms with Crippen molar-refractivity contribution >= 4 is 11.8 Å². The van der Waals surface area contributed by atoms with Gasteiger partial charge in [0.15, 0.2) is 0 Å². The SMILES string of the molecule is CCCCCCCCCCCCSCC(CCCO)OCCCCCCCCCC. The minimum atomic E-state index is 0.292. The molecule has 0 spiro atoms. The summed E-state index contributed by atoms with van der Waals surface area (Å²) in [6.07, 6.45) is 27.2. The van der Waals surface area contributed by atoms with E-state index in [1.165, 1.54) is 121 Å². The molecule has 0 heterocycles. The molecule has 2 nitrogen and oxygen atoms in total. The molecule has 0 fully saturated rings. The molecule has 182 valence electrons. The van der Waals surface area contributed by atoms with Crippen molar-refractivity contribution in [2.45, 2.75) is 148 Å². The van der Waals surface area contributed by atoms with Crippen molar-refractivity contribution in [1.82, 2.24) is 0 Å². The zero-order chi connectivity index (χ0) is 22.0. The van der Waals surface area contributed by atoms with Crippen LogP contribution in [0.1, 0.15) is 142 Å². The van der Waals surface area contributed by atoms with Crippen LogP contribution in [0, 0.1) is 0 Å². The van der Waals surface area contributed by atoms with Crippen LogP contribution < -0.4 is 0 Å². The Morgan fingerprint density at radius 2 is 1.07 bits per heavy atom. The van der Waals surface area contributed by atoms with Crippen molar-refractivity contribution in [3.05, 3.63) is 0 Å². The van der Waals surface area contributed by atoms with E-state index in [2.05, 4.69) is 25.6 Å². The number of hydrogen-bond acceptors (Lipinski definition) is 3. The predicted molar refractivity (Wildman–Crippen MR) is 138 cm³/mol. The van der Waals surface area contributed by atoms with Crippen molar-refractivity contribution in [2.24, 2.45) is 0 Å². The zero-order valence-electron chi connectivity index (χ0n) is 20.8. The third-order valence-electron chi connectivity index (χ3n) is 5.98. The third kappa shape index (κ3) is 24.5. The van der Waals surface area contributed by atoms with Gasteiger partial charge in [-0.3, -0.25) is 0 Å². The maximum Gasteiger partial charge on any atom is 0.0666 e. The number of aliphatic hydroxyl groups excluding tert-OH is 1. The van der Waals surface area contributed by atoms with Gasteiger partial charge in [-0.05, 0) is 31.4 Å². The van der Waals surface area contributed by atoms with Crippen LogP contribution in [0.25, 0.3) is 0 Å². The van der Waals surface area contributed by atoms with E-state index < -0.39 is 0 Å². The van der Waals surface area contributed by atoms with Crippen LogP contribution in [0.4, 0.5) is 0 Å². The quantitative estimate of drug-likeness (QED) is 0.135. The first kappa shape index (κ1) is 30.3. The van der Waals surface area contributed by atoms with Gasteiger partial charge in [0.1, 0.15) is 0 Å². The molecule has 1 unspecified atom stereocenters. The molecule has 0 aromatic rings. The maximum atomic E-state index is 9.16. The second-order valence-electron chi connectivity index (χ2n) is 9.09. The number of thioether (sulfide) groups is 1. The molecule has 0 aromatic carbocycles. The first-order chi connectivity index (χ1) is 14.8. The van der Waals surface area contributed by atoms with Gasteiger partial charge in [-0.2, -0.15) is 11.8 Å². The smallest absolute Gasteiger partial charge is 0.0666 e. The molecule has 0 rings (SSSR count). The first-order valence-corrected chi connectivity index (χ1v) is 14.8. The Bertz CT molecular complexity index is 299. The molecule has 0 aliphatic heterocycles. The largest absolute Gasteiger partial charge is 0.396 e. The molecule has 0 bridgehead atoms. The van der Waals surface area contributed by atoms with Gasteiger partial charge in [-0.25, -0.2) is 0 Å². The highest BCUT2D eigenvalue weighted by atomic mass is 32.2. The summed E-state index contributed by atoms with van der Waals surface area (Å²) < 4.78 is 6.16. The lowest BCUT2D eigenvalue weighted by molar-refractivity contribution is 0.0558. The number of rotatable bonds is 26. The third-order valence-corrected chi connectivity index (χ3v) is 7.17. The minimum Gasteiger partial charge on any atom is -0.396 e. The molecule has 30 heavy (non-hydrogen) atoms. The van der Waals surface area contributed by atoms with Crippen LogP contribution in [-0.2, 0) is 4.74 Å². The standard InChI is InChI=1S/C27H56O2S/c1-3-5-7-9-11-13-14-16-18-20-25-30-26-27(22-21-23-28)29-24-19-17-15-12-10-8-6-4-2/h27-28H,3-26H2,1-2H3. The summed E-state index contributed by atoms with van der Waals surface area (Å²) in [6.45, 7) is 5.76. The molecule has 0 saturated heterocycles. The fraction of sp³-hybridized carbons (Fsp3) is 1.00. The van der Waals surface area contributed by atoms with Crippen molar-refractivity contribution in [1.29, 1.82) is 0 Å². The van der Waals surface area contributed by atoms with Crippen molar-refractivity contribution in [3.8, 4) is 0 Å². The maximum absolute atomic E-state index is 9.16. The monoisotopic (exact) mass is 444 g/mol. The minimum absolute atomic E-state index is 0.292. The lowest BCUT2D eigenvalue weighted by atomic mass is 10.1. The van der Waals surface area contributed by atoms with Gasteiger partial charge < -0.3 is 9.84 Å². The second kappa shape index (κ2) is 27.3. The van der Waals surface area contributed by atoms with Crippen molar-refractivity contribution < 1.29 is 9.84 Å². The summed E-state index contributed by atoms with van der Waals surface area (Å²) >= 11 is 2.06. The van der Waals surface area contributed by atoms with Crippen LogP contribution in [-0.4, -0.2) is 35.9 Å². The highest BCUT2D eigenvalue weighted by Crippen LogP contribution is 2.16. The average molecular weight is 445 g/mol. The topological polar surface area (TPSA) is 29.5 Å². The van der Waals surface area contributed by atoms with Gasteiger partial charge in [0.2, 0.25) is 0 Å². The van der Waals surface area contributed by atoms with Crippen LogP contribution in [0.15, 0.2) is 0 Å². The molecule has 0 radical (unpaired) electrons. The normalized spacial score (nSPS) is 12.5. The van der Waals surface area contributed by atoms with Crippen molar-refractivity contribution in [2.75, 3.05) is 24.7 Å². The molecule has 1 atom stereocenters. The molecule has 0 aliphatic rings. The fourth-order valence-corrected chi connectivity index (χ4v) is 5.03. The Balaban J connectivity index is 3.50. The van der Waals surface area contributed by atoms with Crippen LogP contribution >= 0.6 is 11.8 Å². The second-order valence-corrected chi connectivity index (χ2v) is 10.2. The Kier molecular flexibility index (Phi) is 27.5. The molecular formula is C27H56O2S. The van der Waals surface area contributed by atoms with Gasteiger partial charge in [0.05, 0.1) is 6.10 Å². The highest BCUT2D eigenvalue weighted by molar-refractivity contribution is 7.99. The summed E-state index contributed by atoms with van der Waals surface area (Å²) in [5.41, 5.74) is 0. The number of ether oxygens (including phenoxy) is 1. The summed E-state index contributed by atoms with van der Waals surface area (Å²) in [6, 6.07) is 0. The molecule has 0 aliphatic carbocycles. The van der Waals surface area contributed by atoms with E-state index in [9.17, 15) is 0 Å². The molecule has 3 heteroatoms. The van der Waals surface area contributed by atoms with Gasteiger partial charge in [0.25, 0.3) is 0 Å². The van der Waals surface area contributed by atoms with E-state index >= 15 is 0 Å². The van der Waals surface area contributed by atoms with E-state index in [4.69, 9.17) is 9.84 Å². The van der Waals surface area contributed by atoms with Crippen LogP contribution in [0.5, 0.6) is 0 Å². The summed E-state index contributed by atoms with van der Waals surface area (Å²) in [4.78, 5) is 0. The lowest BCUT2D eigenvalue weighted by Gasteiger charge is -2.17.